The minimum atomic E-state index is -1.64. The molecule has 0 spiro atoms. The topological polar surface area (TPSA) is 196 Å². The third-order valence-electron chi connectivity index (χ3n) is 13.5. The van der Waals surface area contributed by atoms with E-state index in [0.29, 0.717) is 19.6 Å². The summed E-state index contributed by atoms with van der Waals surface area (Å²) in [5, 5.41) is 51.5. The Morgan fingerprint density at radius 1 is 0.914 bits per heavy atom. The number of rotatable bonds is 12. The standard InChI is InChI=1S/C42H78N2O14/c1-15-29-42(10,49)37-24(4)32(43-30(56-37)21-52-17-16-50-13)22(2)19-40(8,48)36(58-39-33(45)28(44(11)12)18-23(3)53-39)25(5)34(26(6)38(47)55-29)57-31-20-41(9,51-14)35(46)27(7)54-31/h22-37,39,43,45-46,48-49H,15-21H2,1-14H3/t22-,23-,24+,25+,26-,27+,28-,29-,30-,31+,32+,33-,34+,35+,36-,37-,39+,40-,41-,42-/m1/s1. The number of hydrogen-bond donors (Lipinski definition) is 5. The van der Waals surface area contributed by atoms with Gasteiger partial charge in [-0.15, -0.1) is 0 Å². The number of ether oxygens (including phenoxy) is 9. The van der Waals surface area contributed by atoms with Gasteiger partial charge in [0, 0.05) is 44.6 Å². The van der Waals surface area contributed by atoms with Crippen LogP contribution in [0.3, 0.4) is 0 Å². The molecule has 16 nitrogen and oxygen atoms in total. The number of aliphatic hydroxyl groups excluding tert-OH is 2. The first-order valence-electron chi connectivity index (χ1n) is 21.4. The van der Waals surface area contributed by atoms with E-state index < -0.39 is 96.1 Å². The molecule has 0 unspecified atom stereocenters. The lowest BCUT2D eigenvalue weighted by Crippen LogP contribution is -2.67. The van der Waals surface area contributed by atoms with Gasteiger partial charge in [0.2, 0.25) is 0 Å². The molecule has 0 aliphatic carbocycles. The smallest absolute Gasteiger partial charge is 0.311 e. The molecule has 0 aromatic heterocycles. The number of nitrogens with zero attached hydrogens (tertiary/aromatic N) is 1. The average Bonchev–Trinajstić information content (AvgIpc) is 3.15. The Morgan fingerprint density at radius 2 is 1.59 bits per heavy atom. The van der Waals surface area contributed by atoms with Gasteiger partial charge in [0.15, 0.2) is 12.6 Å². The normalized spacial score (nSPS) is 48.7. The Bertz CT molecular complexity index is 1290. The lowest BCUT2D eigenvalue weighted by Gasteiger charge is -2.52. The summed E-state index contributed by atoms with van der Waals surface area (Å²) in [5.74, 6) is -2.95. The molecule has 340 valence electrons. The van der Waals surface area contributed by atoms with Crippen molar-refractivity contribution in [3.05, 3.63) is 0 Å². The van der Waals surface area contributed by atoms with E-state index in [2.05, 4.69) is 5.32 Å². The van der Waals surface area contributed by atoms with E-state index in [-0.39, 0.29) is 55.9 Å². The predicted molar refractivity (Wildman–Crippen MR) is 214 cm³/mol. The zero-order valence-electron chi connectivity index (χ0n) is 37.6. The largest absolute Gasteiger partial charge is 0.459 e. The van der Waals surface area contributed by atoms with Crippen LogP contribution in [-0.2, 0) is 47.4 Å². The van der Waals surface area contributed by atoms with Crippen LogP contribution < -0.4 is 5.32 Å². The second-order valence-electron chi connectivity index (χ2n) is 18.6. The summed E-state index contributed by atoms with van der Waals surface area (Å²) in [5.41, 5.74) is -4.27. The predicted octanol–water partition coefficient (Wildman–Crippen LogP) is 2.20. The van der Waals surface area contributed by atoms with Crippen molar-refractivity contribution in [3.8, 4) is 0 Å². The first-order chi connectivity index (χ1) is 27.0. The summed E-state index contributed by atoms with van der Waals surface area (Å²) in [4.78, 5) is 16.4. The van der Waals surface area contributed by atoms with Crippen molar-refractivity contribution in [1.29, 1.82) is 0 Å². The number of esters is 1. The van der Waals surface area contributed by atoms with Gasteiger partial charge < -0.3 is 68.0 Å². The maximum absolute atomic E-state index is 14.5. The number of carbonyl (C=O) groups is 1. The van der Waals surface area contributed by atoms with Crippen molar-refractivity contribution in [1.82, 2.24) is 10.2 Å². The van der Waals surface area contributed by atoms with Crippen LogP contribution in [0.1, 0.15) is 94.9 Å². The van der Waals surface area contributed by atoms with Crippen LogP contribution in [0.15, 0.2) is 0 Å². The molecule has 4 heterocycles. The Kier molecular flexibility index (Phi) is 17.4. The van der Waals surface area contributed by atoms with Crippen LogP contribution in [0.2, 0.25) is 0 Å². The molecule has 4 rings (SSSR count). The van der Waals surface area contributed by atoms with Crippen LogP contribution in [0.25, 0.3) is 0 Å². The SMILES string of the molecule is CC[C@H]1OC(=O)[C@H](C)[C@@H](O[C@H]2C[C@@](C)(OC)[C@@H](O)[C@H](C)O2)[C@H](C)[C@@H](O[C@@H]2O[C@H](C)C[C@@H](N(C)C)[C@H]2O)[C@](C)(O)C[C@@H](C)[C@@H]2N[C@@H](COCCOC)O[C@H]([C@H]2C)[C@]1(C)O. The summed E-state index contributed by atoms with van der Waals surface area (Å²) in [7, 11) is 6.90. The molecule has 58 heavy (non-hydrogen) atoms. The Morgan fingerprint density at radius 3 is 2.19 bits per heavy atom. The van der Waals surface area contributed by atoms with Gasteiger partial charge in [-0.25, -0.2) is 0 Å². The Balaban J connectivity index is 1.83. The summed E-state index contributed by atoms with van der Waals surface area (Å²) in [6, 6.07) is -0.593. The molecule has 16 heteroatoms. The van der Waals surface area contributed by atoms with Gasteiger partial charge in [-0.05, 0) is 80.8 Å². The van der Waals surface area contributed by atoms with Gasteiger partial charge in [-0.3, -0.25) is 10.1 Å². The lowest BCUT2D eigenvalue weighted by molar-refractivity contribution is -0.318. The summed E-state index contributed by atoms with van der Waals surface area (Å²) in [6.07, 6.45) is -8.29. The molecule has 4 fully saturated rings. The molecule has 20 atom stereocenters. The second kappa shape index (κ2) is 20.4. The number of hydrogen-bond acceptors (Lipinski definition) is 16. The second-order valence-corrected chi connectivity index (χ2v) is 18.6. The highest BCUT2D eigenvalue weighted by Crippen LogP contribution is 2.43. The van der Waals surface area contributed by atoms with E-state index >= 15 is 0 Å². The molecular weight excluding hydrogens is 756 g/mol. The van der Waals surface area contributed by atoms with E-state index in [1.54, 1.807) is 41.7 Å². The van der Waals surface area contributed by atoms with E-state index in [0.717, 1.165) is 0 Å². The fourth-order valence-corrected chi connectivity index (χ4v) is 10.0. The van der Waals surface area contributed by atoms with Crippen molar-refractivity contribution >= 4 is 5.97 Å². The fraction of sp³-hybridized carbons (Fsp3) is 0.976. The van der Waals surface area contributed by atoms with E-state index in [9.17, 15) is 25.2 Å². The van der Waals surface area contributed by atoms with Gasteiger partial charge in [0.05, 0.1) is 67.5 Å². The zero-order valence-corrected chi connectivity index (χ0v) is 37.6. The molecule has 0 radical (unpaired) electrons. The molecule has 0 saturated carbocycles. The van der Waals surface area contributed by atoms with Crippen molar-refractivity contribution in [3.63, 3.8) is 0 Å². The van der Waals surface area contributed by atoms with Crippen LogP contribution in [0.4, 0.5) is 0 Å². The van der Waals surface area contributed by atoms with Crippen LogP contribution in [-0.4, -0.2) is 176 Å². The van der Waals surface area contributed by atoms with Crippen molar-refractivity contribution < 1.29 is 67.9 Å². The zero-order chi connectivity index (χ0) is 43.5. The number of methoxy groups -OCH3 is 2. The van der Waals surface area contributed by atoms with Gasteiger partial charge in [0.1, 0.15) is 30.1 Å². The molecular formula is C42H78N2O14. The molecule has 4 aliphatic heterocycles. The highest BCUT2D eigenvalue weighted by molar-refractivity contribution is 5.73. The van der Waals surface area contributed by atoms with Gasteiger partial charge >= 0.3 is 5.97 Å². The molecule has 0 aromatic carbocycles. The molecule has 0 amide bonds. The van der Waals surface area contributed by atoms with E-state index in [1.165, 1.54) is 7.11 Å². The fourth-order valence-electron chi connectivity index (χ4n) is 10.0. The first kappa shape index (κ1) is 49.6. The van der Waals surface area contributed by atoms with Gasteiger partial charge in [-0.1, -0.05) is 27.7 Å². The number of carbonyl (C=O) groups excluding carboxylic acids is 1. The van der Waals surface area contributed by atoms with Crippen LogP contribution in [0, 0.1) is 23.7 Å². The van der Waals surface area contributed by atoms with Crippen molar-refractivity contribution in [2.45, 2.75) is 191 Å². The van der Waals surface area contributed by atoms with E-state index in [4.69, 9.17) is 42.6 Å². The Hall–Kier alpha value is -1.09. The third-order valence-corrected chi connectivity index (χ3v) is 13.5. The number of aliphatic hydroxyl groups is 4. The number of likely N-dealkylation sites (N-methyl/N-ethyl adjacent to an activating group) is 1. The maximum Gasteiger partial charge on any atom is 0.311 e. The van der Waals surface area contributed by atoms with Gasteiger partial charge in [0.25, 0.3) is 0 Å². The summed E-state index contributed by atoms with van der Waals surface area (Å²) >= 11 is 0. The van der Waals surface area contributed by atoms with Gasteiger partial charge in [-0.2, -0.15) is 0 Å². The van der Waals surface area contributed by atoms with Crippen molar-refractivity contribution in [2.75, 3.05) is 48.1 Å². The molecule has 2 bridgehead atoms. The van der Waals surface area contributed by atoms with Crippen LogP contribution >= 0.6 is 0 Å². The number of cyclic esters (lactones) is 1. The maximum atomic E-state index is 14.5. The van der Waals surface area contributed by atoms with E-state index in [1.807, 2.05) is 53.6 Å². The summed E-state index contributed by atoms with van der Waals surface area (Å²) in [6.45, 7) is 19.1. The average molecular weight is 835 g/mol. The monoisotopic (exact) mass is 835 g/mol. The summed E-state index contributed by atoms with van der Waals surface area (Å²) < 4.78 is 55.7. The third kappa shape index (κ3) is 11.1. The molecule has 5 N–H and O–H groups in total. The highest BCUT2D eigenvalue weighted by Gasteiger charge is 2.55. The lowest BCUT2D eigenvalue weighted by atomic mass is 9.71. The highest BCUT2D eigenvalue weighted by atomic mass is 16.7. The number of fused-ring (bicyclic) bond motifs is 2. The Labute approximate surface area is 346 Å². The molecule has 4 saturated heterocycles. The molecule has 0 aromatic rings. The minimum absolute atomic E-state index is 0.137. The van der Waals surface area contributed by atoms with Crippen molar-refractivity contribution in [2.24, 2.45) is 23.7 Å². The number of nitrogens with one attached hydrogen (secondary N) is 1. The minimum Gasteiger partial charge on any atom is -0.459 e. The first-order valence-corrected chi connectivity index (χ1v) is 21.4. The quantitative estimate of drug-likeness (QED) is 0.142. The van der Waals surface area contributed by atoms with Crippen LogP contribution in [0.5, 0.6) is 0 Å². The molecule has 4 aliphatic rings.